The number of phenols is 1. The van der Waals surface area contributed by atoms with Gasteiger partial charge in [-0.05, 0) is 55.0 Å². The van der Waals surface area contributed by atoms with Crippen molar-refractivity contribution >= 4 is 33.1 Å². The van der Waals surface area contributed by atoms with E-state index in [1.165, 1.54) is 0 Å². The summed E-state index contributed by atoms with van der Waals surface area (Å²) in [4.78, 5) is 4.76. The fourth-order valence-corrected chi connectivity index (χ4v) is 3.06. The number of aromatic hydroxyl groups is 1. The fraction of sp³-hybridized carbons (Fsp3) is 0.0500. The minimum Gasteiger partial charge on any atom is -0.508 e. The van der Waals surface area contributed by atoms with Gasteiger partial charge in [-0.2, -0.15) is 0 Å². The third kappa shape index (κ3) is 3.10. The Morgan fingerprint density at radius 3 is 2.60 bits per heavy atom. The Kier molecular flexibility index (Phi) is 3.93. The zero-order valence-electron chi connectivity index (χ0n) is 13.6. The number of rotatable bonds is 3. The first kappa shape index (κ1) is 15.7. The van der Waals surface area contributed by atoms with Gasteiger partial charge >= 0.3 is 0 Å². The van der Waals surface area contributed by atoms with Gasteiger partial charge in [0, 0.05) is 21.9 Å². The summed E-state index contributed by atoms with van der Waals surface area (Å²) in [5, 5.41) is 13.3. The van der Waals surface area contributed by atoms with E-state index in [2.05, 4.69) is 34.4 Å². The predicted octanol–water partition coefficient (Wildman–Crippen LogP) is 5.52. The minimum atomic E-state index is 0.223. The second kappa shape index (κ2) is 6.26. The van der Waals surface area contributed by atoms with Crippen molar-refractivity contribution in [2.75, 3.05) is 5.32 Å². The van der Waals surface area contributed by atoms with Crippen molar-refractivity contribution in [2.24, 2.45) is 0 Å². The lowest BCUT2D eigenvalue weighted by atomic mass is 10.1. The highest BCUT2D eigenvalue weighted by molar-refractivity contribution is 9.10. The summed E-state index contributed by atoms with van der Waals surface area (Å²) < 4.78 is 3.07. The van der Waals surface area contributed by atoms with Crippen LogP contribution in [0.5, 0.6) is 5.75 Å². The molecule has 0 amide bonds. The standard InChI is InChI=1S/C20H16BrN3O/c1-13-5-10-18-23-19(14-3-2-4-17(25)11-14)20(24(18)12-13)22-16-8-6-15(21)7-9-16/h2-12,22,25H,1H3. The van der Waals surface area contributed by atoms with E-state index in [1.807, 2.05) is 52.9 Å². The van der Waals surface area contributed by atoms with Crippen molar-refractivity contribution in [3.05, 3.63) is 76.9 Å². The minimum absolute atomic E-state index is 0.223. The molecule has 0 radical (unpaired) electrons. The Bertz CT molecular complexity index is 1050. The number of pyridine rings is 1. The number of aromatic nitrogens is 2. The Balaban J connectivity index is 1.91. The molecule has 0 aliphatic rings. The first-order valence-corrected chi connectivity index (χ1v) is 8.70. The van der Waals surface area contributed by atoms with Crippen LogP contribution in [0.25, 0.3) is 16.9 Å². The number of fused-ring (bicyclic) bond motifs is 1. The summed E-state index contributed by atoms with van der Waals surface area (Å²) in [6, 6.07) is 19.2. The highest BCUT2D eigenvalue weighted by Crippen LogP contribution is 2.33. The lowest BCUT2D eigenvalue weighted by molar-refractivity contribution is 0.475. The highest BCUT2D eigenvalue weighted by Gasteiger charge is 2.15. The summed E-state index contributed by atoms with van der Waals surface area (Å²) >= 11 is 3.46. The molecule has 4 nitrogen and oxygen atoms in total. The lowest BCUT2D eigenvalue weighted by Crippen LogP contribution is -1.97. The van der Waals surface area contributed by atoms with Gasteiger partial charge in [0.2, 0.25) is 0 Å². The van der Waals surface area contributed by atoms with Gasteiger partial charge in [-0.25, -0.2) is 4.98 Å². The van der Waals surface area contributed by atoms with E-state index in [0.717, 1.165) is 38.4 Å². The number of imidazole rings is 1. The zero-order chi connectivity index (χ0) is 17.4. The van der Waals surface area contributed by atoms with Gasteiger partial charge in [-0.1, -0.05) is 34.1 Å². The van der Waals surface area contributed by atoms with Crippen LogP contribution in [0.3, 0.4) is 0 Å². The van der Waals surface area contributed by atoms with E-state index >= 15 is 0 Å². The zero-order valence-corrected chi connectivity index (χ0v) is 15.2. The molecule has 0 saturated heterocycles. The molecule has 0 atom stereocenters. The normalized spacial score (nSPS) is 11.0. The smallest absolute Gasteiger partial charge is 0.143 e. The molecule has 124 valence electrons. The van der Waals surface area contributed by atoms with E-state index in [4.69, 9.17) is 4.98 Å². The van der Waals surface area contributed by atoms with Crippen LogP contribution in [0, 0.1) is 6.92 Å². The first-order chi connectivity index (χ1) is 12.1. The van der Waals surface area contributed by atoms with Crippen molar-refractivity contribution in [2.45, 2.75) is 6.92 Å². The van der Waals surface area contributed by atoms with Crippen LogP contribution in [0.4, 0.5) is 11.5 Å². The van der Waals surface area contributed by atoms with Crippen molar-refractivity contribution in [3.63, 3.8) is 0 Å². The number of benzene rings is 2. The number of anilines is 2. The number of nitrogens with one attached hydrogen (secondary N) is 1. The number of aryl methyl sites for hydroxylation is 1. The molecule has 4 aromatic rings. The first-order valence-electron chi connectivity index (χ1n) is 7.91. The number of hydrogen-bond acceptors (Lipinski definition) is 3. The Hall–Kier alpha value is -2.79. The van der Waals surface area contributed by atoms with E-state index in [0.29, 0.717) is 0 Å². The average Bonchev–Trinajstić information content (AvgIpc) is 2.95. The summed E-state index contributed by atoms with van der Waals surface area (Å²) in [5.74, 6) is 1.09. The molecule has 0 fully saturated rings. The maximum atomic E-state index is 9.84. The Labute approximate surface area is 153 Å². The number of hydrogen-bond donors (Lipinski definition) is 2. The molecule has 2 heterocycles. The van der Waals surface area contributed by atoms with Crippen molar-refractivity contribution in [3.8, 4) is 17.0 Å². The van der Waals surface area contributed by atoms with Gasteiger partial charge in [0.1, 0.15) is 22.9 Å². The Morgan fingerprint density at radius 2 is 1.84 bits per heavy atom. The summed E-state index contributed by atoms with van der Waals surface area (Å²) in [6.07, 6.45) is 2.05. The van der Waals surface area contributed by atoms with Crippen LogP contribution < -0.4 is 5.32 Å². The molecular weight excluding hydrogens is 378 g/mol. The van der Waals surface area contributed by atoms with Gasteiger partial charge in [-0.3, -0.25) is 4.40 Å². The second-order valence-electron chi connectivity index (χ2n) is 5.93. The van der Waals surface area contributed by atoms with Crippen molar-refractivity contribution < 1.29 is 5.11 Å². The maximum Gasteiger partial charge on any atom is 0.143 e. The number of halogens is 1. The number of nitrogens with zero attached hydrogens (tertiary/aromatic N) is 2. The van der Waals surface area contributed by atoms with Gasteiger partial charge in [0.15, 0.2) is 0 Å². The van der Waals surface area contributed by atoms with Crippen LogP contribution in [0.2, 0.25) is 0 Å². The molecule has 0 aliphatic carbocycles. The molecule has 0 aliphatic heterocycles. The molecule has 2 aromatic heterocycles. The van der Waals surface area contributed by atoms with Gasteiger partial charge in [0.25, 0.3) is 0 Å². The van der Waals surface area contributed by atoms with Gasteiger partial charge < -0.3 is 10.4 Å². The molecule has 2 N–H and O–H groups in total. The van der Waals surface area contributed by atoms with Gasteiger partial charge in [-0.15, -0.1) is 0 Å². The van der Waals surface area contributed by atoms with Crippen LogP contribution in [-0.4, -0.2) is 14.5 Å². The van der Waals surface area contributed by atoms with E-state index < -0.39 is 0 Å². The molecule has 0 spiro atoms. The van der Waals surface area contributed by atoms with Gasteiger partial charge in [0.05, 0.1) is 0 Å². The van der Waals surface area contributed by atoms with E-state index in [9.17, 15) is 5.11 Å². The third-order valence-corrected chi connectivity index (χ3v) is 4.52. The topological polar surface area (TPSA) is 49.6 Å². The summed E-state index contributed by atoms with van der Waals surface area (Å²) in [7, 11) is 0. The summed E-state index contributed by atoms with van der Waals surface area (Å²) in [6.45, 7) is 2.05. The molecular formula is C20H16BrN3O. The van der Waals surface area contributed by atoms with Crippen molar-refractivity contribution in [1.82, 2.24) is 9.38 Å². The highest BCUT2D eigenvalue weighted by atomic mass is 79.9. The molecule has 0 unspecified atom stereocenters. The third-order valence-electron chi connectivity index (χ3n) is 3.99. The quantitative estimate of drug-likeness (QED) is 0.481. The largest absolute Gasteiger partial charge is 0.508 e. The average molecular weight is 394 g/mol. The molecule has 2 aromatic carbocycles. The molecule has 4 rings (SSSR count). The maximum absolute atomic E-state index is 9.84. The Morgan fingerprint density at radius 1 is 1.04 bits per heavy atom. The number of phenolic OH excluding ortho intramolecular Hbond substituents is 1. The molecule has 0 saturated carbocycles. The monoisotopic (exact) mass is 393 g/mol. The van der Waals surface area contributed by atoms with Crippen LogP contribution in [-0.2, 0) is 0 Å². The van der Waals surface area contributed by atoms with Crippen LogP contribution in [0.1, 0.15) is 5.56 Å². The predicted molar refractivity (Wildman–Crippen MR) is 104 cm³/mol. The van der Waals surface area contributed by atoms with E-state index in [-0.39, 0.29) is 5.75 Å². The molecule has 25 heavy (non-hydrogen) atoms. The van der Waals surface area contributed by atoms with Crippen LogP contribution in [0.15, 0.2) is 71.3 Å². The fourth-order valence-electron chi connectivity index (χ4n) is 2.79. The molecule has 5 heteroatoms. The second-order valence-corrected chi connectivity index (χ2v) is 6.84. The van der Waals surface area contributed by atoms with E-state index in [1.54, 1.807) is 12.1 Å². The summed E-state index contributed by atoms with van der Waals surface area (Å²) in [5.41, 5.74) is 4.62. The van der Waals surface area contributed by atoms with Crippen molar-refractivity contribution in [1.29, 1.82) is 0 Å². The SMILES string of the molecule is Cc1ccc2nc(-c3cccc(O)c3)c(Nc3ccc(Br)cc3)n2c1. The van der Waals surface area contributed by atoms with Crippen LogP contribution >= 0.6 is 15.9 Å². The lowest BCUT2D eigenvalue weighted by Gasteiger charge is -2.10. The molecule has 0 bridgehead atoms.